The van der Waals surface area contributed by atoms with E-state index in [0.29, 0.717) is 0 Å². The maximum absolute atomic E-state index is 12.3. The standard InChI is InChI=1S/C8H13FO/c9-6-8(7-10)4-2-1-3-5-8/h7H,1-6H2. The average molecular weight is 144 g/mol. The van der Waals surface area contributed by atoms with E-state index >= 15 is 0 Å². The first kappa shape index (κ1) is 7.70. The Morgan fingerprint density at radius 3 is 2.20 bits per heavy atom. The highest BCUT2D eigenvalue weighted by molar-refractivity contribution is 5.59. The maximum Gasteiger partial charge on any atom is 0.128 e. The van der Waals surface area contributed by atoms with Crippen LogP contribution >= 0.6 is 0 Å². The zero-order valence-electron chi connectivity index (χ0n) is 6.11. The van der Waals surface area contributed by atoms with Crippen molar-refractivity contribution in [2.45, 2.75) is 32.1 Å². The molecular formula is C8H13FO. The zero-order valence-corrected chi connectivity index (χ0v) is 6.11. The molecule has 0 N–H and O–H groups in total. The highest BCUT2D eigenvalue weighted by Gasteiger charge is 2.31. The smallest absolute Gasteiger partial charge is 0.128 e. The van der Waals surface area contributed by atoms with Crippen molar-refractivity contribution < 1.29 is 9.18 Å². The van der Waals surface area contributed by atoms with E-state index in [1.807, 2.05) is 0 Å². The molecule has 0 aromatic rings. The SMILES string of the molecule is O=CC1(CF)CCCCC1. The third-order valence-electron chi connectivity index (χ3n) is 2.37. The maximum atomic E-state index is 12.3. The summed E-state index contributed by atoms with van der Waals surface area (Å²) in [5, 5.41) is 0. The summed E-state index contributed by atoms with van der Waals surface area (Å²) in [6, 6.07) is 0. The van der Waals surface area contributed by atoms with Gasteiger partial charge in [0, 0.05) is 0 Å². The summed E-state index contributed by atoms with van der Waals surface area (Å²) in [4.78, 5) is 10.5. The van der Waals surface area contributed by atoms with Crippen LogP contribution in [0, 0.1) is 5.41 Å². The number of aldehydes is 1. The molecule has 0 spiro atoms. The molecule has 0 unspecified atom stereocenters. The first-order chi connectivity index (χ1) is 4.83. The van der Waals surface area contributed by atoms with Crippen LogP contribution in [0.15, 0.2) is 0 Å². The predicted octanol–water partition coefficient (Wildman–Crippen LogP) is 2.11. The molecule has 0 aromatic heterocycles. The fourth-order valence-corrected chi connectivity index (χ4v) is 1.54. The molecule has 0 radical (unpaired) electrons. The van der Waals surface area contributed by atoms with E-state index in [9.17, 15) is 9.18 Å². The van der Waals surface area contributed by atoms with Crippen molar-refractivity contribution in [2.75, 3.05) is 6.67 Å². The second kappa shape index (κ2) is 3.13. The molecule has 0 saturated heterocycles. The Labute approximate surface area is 60.6 Å². The van der Waals surface area contributed by atoms with Gasteiger partial charge in [0.1, 0.15) is 13.0 Å². The van der Waals surface area contributed by atoms with Gasteiger partial charge in [0.2, 0.25) is 0 Å². The Morgan fingerprint density at radius 2 is 1.90 bits per heavy atom. The largest absolute Gasteiger partial charge is 0.303 e. The van der Waals surface area contributed by atoms with Gasteiger partial charge in [0.15, 0.2) is 0 Å². The molecule has 0 aliphatic heterocycles. The van der Waals surface area contributed by atoms with Gasteiger partial charge in [-0.15, -0.1) is 0 Å². The van der Waals surface area contributed by atoms with E-state index in [-0.39, 0.29) is 0 Å². The molecule has 0 aromatic carbocycles. The Morgan fingerprint density at radius 1 is 1.30 bits per heavy atom. The van der Waals surface area contributed by atoms with Crippen molar-refractivity contribution in [3.05, 3.63) is 0 Å². The lowest BCUT2D eigenvalue weighted by atomic mass is 9.76. The Kier molecular flexibility index (Phi) is 2.41. The molecule has 0 atom stereocenters. The van der Waals surface area contributed by atoms with Gasteiger partial charge in [0.25, 0.3) is 0 Å². The summed E-state index contributed by atoms with van der Waals surface area (Å²) < 4.78 is 12.3. The summed E-state index contributed by atoms with van der Waals surface area (Å²) >= 11 is 0. The molecule has 1 saturated carbocycles. The van der Waals surface area contributed by atoms with Gasteiger partial charge in [0.05, 0.1) is 5.41 Å². The third-order valence-corrected chi connectivity index (χ3v) is 2.37. The van der Waals surface area contributed by atoms with Crippen molar-refractivity contribution in [1.29, 1.82) is 0 Å². The van der Waals surface area contributed by atoms with Crippen molar-refractivity contribution in [3.63, 3.8) is 0 Å². The van der Waals surface area contributed by atoms with Crippen LogP contribution in [0.2, 0.25) is 0 Å². The Hall–Kier alpha value is -0.400. The van der Waals surface area contributed by atoms with Gasteiger partial charge >= 0.3 is 0 Å². The molecule has 0 amide bonds. The number of carbonyl (C=O) groups is 1. The molecule has 2 heteroatoms. The van der Waals surface area contributed by atoms with Crippen LogP contribution in [0.3, 0.4) is 0 Å². The van der Waals surface area contributed by atoms with Crippen LogP contribution in [-0.2, 0) is 4.79 Å². The van der Waals surface area contributed by atoms with Crippen LogP contribution in [0.4, 0.5) is 4.39 Å². The van der Waals surface area contributed by atoms with Gasteiger partial charge < -0.3 is 4.79 Å². The van der Waals surface area contributed by atoms with Crippen LogP contribution in [-0.4, -0.2) is 13.0 Å². The molecule has 58 valence electrons. The van der Waals surface area contributed by atoms with Crippen LogP contribution in [0.5, 0.6) is 0 Å². The first-order valence-electron chi connectivity index (χ1n) is 3.85. The molecule has 10 heavy (non-hydrogen) atoms. The molecular weight excluding hydrogens is 131 g/mol. The molecule has 1 rings (SSSR count). The summed E-state index contributed by atoms with van der Waals surface area (Å²) in [5.41, 5.74) is -0.585. The predicted molar refractivity (Wildman–Crippen MR) is 37.6 cm³/mol. The van der Waals surface area contributed by atoms with E-state index in [1.165, 1.54) is 0 Å². The molecule has 1 fully saturated rings. The topological polar surface area (TPSA) is 17.1 Å². The van der Waals surface area contributed by atoms with Crippen LogP contribution < -0.4 is 0 Å². The fourth-order valence-electron chi connectivity index (χ4n) is 1.54. The van der Waals surface area contributed by atoms with Gasteiger partial charge in [-0.1, -0.05) is 19.3 Å². The second-order valence-electron chi connectivity index (χ2n) is 3.17. The minimum atomic E-state index is -0.585. The van der Waals surface area contributed by atoms with Crippen molar-refractivity contribution in [2.24, 2.45) is 5.41 Å². The lowest BCUT2D eigenvalue weighted by Crippen LogP contribution is -2.27. The van der Waals surface area contributed by atoms with Crippen molar-refractivity contribution in [3.8, 4) is 0 Å². The van der Waals surface area contributed by atoms with E-state index in [0.717, 1.165) is 38.4 Å². The Balaban J connectivity index is 2.52. The second-order valence-corrected chi connectivity index (χ2v) is 3.17. The molecule has 1 aliphatic carbocycles. The fraction of sp³-hybridized carbons (Fsp3) is 0.875. The van der Waals surface area contributed by atoms with E-state index in [4.69, 9.17) is 0 Å². The number of hydrogen-bond acceptors (Lipinski definition) is 1. The normalized spacial score (nSPS) is 24.1. The number of rotatable bonds is 2. The molecule has 1 aliphatic rings. The van der Waals surface area contributed by atoms with Crippen molar-refractivity contribution >= 4 is 6.29 Å². The van der Waals surface area contributed by atoms with E-state index in [1.54, 1.807) is 0 Å². The van der Waals surface area contributed by atoms with Crippen molar-refractivity contribution in [1.82, 2.24) is 0 Å². The molecule has 0 bridgehead atoms. The average Bonchev–Trinajstić information content (AvgIpc) is 2.06. The molecule has 1 nitrogen and oxygen atoms in total. The molecule has 0 heterocycles. The van der Waals surface area contributed by atoms with Gasteiger partial charge in [-0.05, 0) is 12.8 Å². The summed E-state index contributed by atoms with van der Waals surface area (Å²) in [6.07, 6.45) is 5.52. The van der Waals surface area contributed by atoms with Crippen LogP contribution in [0.1, 0.15) is 32.1 Å². The number of hydrogen-bond donors (Lipinski definition) is 0. The first-order valence-corrected chi connectivity index (χ1v) is 3.85. The highest BCUT2D eigenvalue weighted by Crippen LogP contribution is 2.34. The monoisotopic (exact) mass is 144 g/mol. The summed E-state index contributed by atoms with van der Waals surface area (Å²) in [7, 11) is 0. The van der Waals surface area contributed by atoms with E-state index in [2.05, 4.69) is 0 Å². The Bertz CT molecular complexity index is 116. The third kappa shape index (κ3) is 1.36. The lowest BCUT2D eigenvalue weighted by Gasteiger charge is -2.28. The number of halogens is 1. The quantitative estimate of drug-likeness (QED) is 0.542. The zero-order chi connectivity index (χ0) is 7.45. The number of alkyl halides is 1. The number of carbonyl (C=O) groups excluding carboxylic acids is 1. The minimum absolute atomic E-state index is 0.462. The highest BCUT2D eigenvalue weighted by atomic mass is 19.1. The summed E-state index contributed by atoms with van der Waals surface area (Å²) in [5.74, 6) is 0. The minimum Gasteiger partial charge on any atom is -0.303 e. The lowest BCUT2D eigenvalue weighted by molar-refractivity contribution is -0.118. The van der Waals surface area contributed by atoms with Gasteiger partial charge in [-0.2, -0.15) is 0 Å². The van der Waals surface area contributed by atoms with Crippen LogP contribution in [0.25, 0.3) is 0 Å². The van der Waals surface area contributed by atoms with Gasteiger partial charge in [-0.25, -0.2) is 0 Å². The summed E-state index contributed by atoms with van der Waals surface area (Å²) in [6.45, 7) is -0.462. The van der Waals surface area contributed by atoms with Gasteiger partial charge in [-0.3, -0.25) is 4.39 Å². The van der Waals surface area contributed by atoms with E-state index < -0.39 is 12.1 Å².